The van der Waals surface area contributed by atoms with Gasteiger partial charge in [-0.15, -0.1) is 0 Å². The van der Waals surface area contributed by atoms with Gasteiger partial charge in [0.1, 0.15) is 11.6 Å². The second kappa shape index (κ2) is 45.2. The van der Waals surface area contributed by atoms with Crippen molar-refractivity contribution in [2.24, 2.45) is 11.8 Å². The van der Waals surface area contributed by atoms with Crippen LogP contribution in [0.1, 0.15) is 332 Å². The highest BCUT2D eigenvalue weighted by atomic mass is 19.1. The van der Waals surface area contributed by atoms with Gasteiger partial charge in [0.15, 0.2) is 5.78 Å². The average molecular weight is 1350 g/mol. The van der Waals surface area contributed by atoms with E-state index in [2.05, 4.69) is 98.8 Å². The van der Waals surface area contributed by atoms with Crippen molar-refractivity contribution in [3.63, 3.8) is 0 Å². The monoisotopic (exact) mass is 1350 g/mol. The number of aliphatic hydroxyl groups is 6. The number of aliphatic hydroxyl groups excluding tert-OH is 3. The molecule has 8 nitrogen and oxygen atoms in total. The predicted molar refractivity (Wildman–Crippen MR) is 405 cm³/mol. The van der Waals surface area contributed by atoms with E-state index < -0.39 is 22.9 Å². The molecule has 5 aromatic carbocycles. The van der Waals surface area contributed by atoms with Crippen molar-refractivity contribution in [1.29, 1.82) is 0 Å². The molecule has 10 rings (SSSR count). The molecular weight excluding hydrogens is 1220 g/mol. The quantitative estimate of drug-likeness (QED) is 0.0248. The van der Waals surface area contributed by atoms with Crippen LogP contribution >= 0.6 is 0 Å². The van der Waals surface area contributed by atoms with E-state index in [1.54, 1.807) is 0 Å². The maximum atomic E-state index is 13.7. The lowest BCUT2D eigenvalue weighted by Gasteiger charge is -2.32. The van der Waals surface area contributed by atoms with E-state index >= 15 is 0 Å². The van der Waals surface area contributed by atoms with Crippen LogP contribution in [0.3, 0.4) is 0 Å². The van der Waals surface area contributed by atoms with E-state index in [9.17, 15) is 44.6 Å². The van der Waals surface area contributed by atoms with Crippen molar-refractivity contribution >= 4 is 11.6 Å². The van der Waals surface area contributed by atoms with Crippen molar-refractivity contribution in [3.8, 4) is 0 Å². The summed E-state index contributed by atoms with van der Waals surface area (Å²) in [6, 6.07) is 38.6. The summed E-state index contributed by atoms with van der Waals surface area (Å²) >= 11 is 0. The Bertz CT molecular complexity index is 2990. The van der Waals surface area contributed by atoms with Crippen molar-refractivity contribution < 1.29 is 44.6 Å². The number of unbranched alkanes of at least 4 members (excludes halogenated alkanes) is 2. The molecule has 0 radical (unpaired) electrons. The summed E-state index contributed by atoms with van der Waals surface area (Å²) in [6.45, 7) is 10.4. The lowest BCUT2D eigenvalue weighted by molar-refractivity contribution is -0.123. The number of Topliss-reactive ketones (excluding diaryl/α,β-unsaturated/α-hetero) is 2. The summed E-state index contributed by atoms with van der Waals surface area (Å²) in [5, 5.41) is 60.9. The van der Waals surface area contributed by atoms with Crippen molar-refractivity contribution in [3.05, 3.63) is 177 Å². The van der Waals surface area contributed by atoms with Crippen molar-refractivity contribution in [1.82, 2.24) is 0 Å². The zero-order valence-electron chi connectivity index (χ0n) is 61.8. The van der Waals surface area contributed by atoms with E-state index in [0.29, 0.717) is 54.6 Å². The fourth-order valence-electron chi connectivity index (χ4n) is 15.5. The summed E-state index contributed by atoms with van der Waals surface area (Å²) in [6.07, 6.45) is 44.4. The highest BCUT2D eigenvalue weighted by molar-refractivity contribution is 5.96. The Morgan fingerprint density at radius 2 is 0.837 bits per heavy atom. The molecule has 3 unspecified atom stereocenters. The maximum Gasteiger partial charge on any atom is 0.163 e. The molecular formula is C89H133FO8. The van der Waals surface area contributed by atoms with Gasteiger partial charge >= 0.3 is 0 Å². The molecule has 0 heterocycles. The third-order valence-corrected chi connectivity index (χ3v) is 22.1. The lowest BCUT2D eigenvalue weighted by atomic mass is 9.81. The fourth-order valence-corrected chi connectivity index (χ4v) is 15.5. The van der Waals surface area contributed by atoms with Gasteiger partial charge in [0, 0.05) is 24.3 Å². The second-order valence-electron chi connectivity index (χ2n) is 30.7. The number of aryl methyl sites for hydroxylation is 5. The number of benzene rings is 5. The summed E-state index contributed by atoms with van der Waals surface area (Å²) in [5.74, 6) is 1.50. The van der Waals surface area contributed by atoms with Gasteiger partial charge in [-0.1, -0.05) is 254 Å². The van der Waals surface area contributed by atoms with Gasteiger partial charge < -0.3 is 30.6 Å². The van der Waals surface area contributed by atoms with E-state index in [1.165, 1.54) is 167 Å². The van der Waals surface area contributed by atoms with Crippen LogP contribution in [0.5, 0.6) is 0 Å². The van der Waals surface area contributed by atoms with Crippen LogP contribution in [0, 0.1) is 17.7 Å². The molecule has 5 aliphatic carbocycles. The highest BCUT2D eigenvalue weighted by Crippen LogP contribution is 2.36. The summed E-state index contributed by atoms with van der Waals surface area (Å²) in [7, 11) is 0. The number of hydrogen-bond acceptors (Lipinski definition) is 8. The van der Waals surface area contributed by atoms with Gasteiger partial charge in [-0.3, -0.25) is 9.59 Å². The van der Waals surface area contributed by atoms with Gasteiger partial charge in [-0.05, 0) is 222 Å². The van der Waals surface area contributed by atoms with Gasteiger partial charge in [0.05, 0.1) is 35.1 Å². The van der Waals surface area contributed by atoms with Gasteiger partial charge in [0.25, 0.3) is 0 Å². The summed E-state index contributed by atoms with van der Waals surface area (Å²) < 4.78 is 13.7. The largest absolute Gasteiger partial charge is 0.393 e. The molecule has 0 bridgehead atoms. The van der Waals surface area contributed by atoms with Crippen LogP contribution in [0.2, 0.25) is 0 Å². The van der Waals surface area contributed by atoms with Crippen LogP contribution in [0.4, 0.5) is 4.39 Å². The SMILES string of the molecule is CCC(O)Cc1cccc(CCC2(O)CCCC2)c1.CCC(O)Cc1cccc(CCC2(O)CCCCC2)c1.CCCC(O)c1cc(F)cc(CCC2(O)CCCCC2)c1.CCCCc1cccc(C(=O)CC2CCCCC2)c1.CCCCc1cccc(CC(=O)C2CCCCC2)c1. The van der Waals surface area contributed by atoms with Crippen molar-refractivity contribution in [2.45, 2.75) is 352 Å². The Kier molecular flexibility index (Phi) is 37.8. The summed E-state index contributed by atoms with van der Waals surface area (Å²) in [4.78, 5) is 24.6. The Morgan fingerprint density at radius 1 is 0.439 bits per heavy atom. The molecule has 0 amide bonds. The molecule has 98 heavy (non-hydrogen) atoms. The first-order valence-electron chi connectivity index (χ1n) is 39.7. The molecule has 0 saturated heterocycles. The zero-order valence-corrected chi connectivity index (χ0v) is 61.8. The first-order valence-corrected chi connectivity index (χ1v) is 39.7. The van der Waals surface area contributed by atoms with Crippen LogP contribution < -0.4 is 0 Å². The molecule has 5 aromatic rings. The summed E-state index contributed by atoms with van der Waals surface area (Å²) in [5.41, 5.74) is 9.91. The minimum absolute atomic E-state index is 0.241. The molecule has 0 aliphatic heterocycles. The maximum absolute atomic E-state index is 13.7. The van der Waals surface area contributed by atoms with Crippen LogP contribution in [0.25, 0.3) is 0 Å². The molecule has 544 valence electrons. The van der Waals surface area contributed by atoms with E-state index in [-0.39, 0.29) is 18.0 Å². The molecule has 5 saturated carbocycles. The number of rotatable bonds is 30. The normalized spacial score (nSPS) is 18.4. The van der Waals surface area contributed by atoms with E-state index in [1.807, 2.05) is 39.0 Å². The molecule has 3 atom stereocenters. The number of ketones is 2. The van der Waals surface area contributed by atoms with Gasteiger partial charge in [-0.25, -0.2) is 4.39 Å². The lowest BCUT2D eigenvalue weighted by Crippen LogP contribution is -2.31. The van der Waals surface area contributed by atoms with Crippen LogP contribution in [-0.2, 0) is 56.2 Å². The number of carbonyl (C=O) groups excluding carboxylic acids is 2. The third kappa shape index (κ3) is 31.6. The zero-order chi connectivity index (χ0) is 70.4. The van der Waals surface area contributed by atoms with E-state index in [4.69, 9.17) is 0 Å². The van der Waals surface area contributed by atoms with Gasteiger partial charge in [0.2, 0.25) is 0 Å². The van der Waals surface area contributed by atoms with E-state index in [0.717, 1.165) is 152 Å². The first kappa shape index (κ1) is 82.1. The third-order valence-electron chi connectivity index (χ3n) is 22.1. The molecule has 0 spiro atoms. The Balaban J connectivity index is 0.000000193. The standard InChI is InChI=1S/C18H27FO2.C18H28O2.2C18H26O.C17H26O2/c1-2-6-17(20)15-11-14(12-16(19)13-15)7-10-18(21)8-4-3-5-9-18;1-2-17(19)14-16-8-6-7-15(13-16)9-12-18(20)10-4-3-5-11-18;1-2-3-8-15-9-7-10-16(13-15)14-18(19)17-11-5-4-6-12-17;1-2-3-8-15-11-7-12-17(13-15)18(19)14-16-9-5-4-6-10-16;1-2-16(18)13-15-7-5-6-14(12-15)8-11-17(19)9-3-4-10-17/h11-13,17,20-21H,2-10H2,1H3;6-8,13,17,19-20H,2-5,9-12,14H2,1H3;7,9-10,13,17H,2-6,8,11-12,14H2,1H3;7,11-13,16H,2-6,8-10,14H2,1H3;5-7,12,16,18-19H,2-4,8-11,13H2,1H3. The molecule has 6 N–H and O–H groups in total. The van der Waals surface area contributed by atoms with Crippen molar-refractivity contribution in [2.75, 3.05) is 0 Å². The van der Waals surface area contributed by atoms with Crippen LogP contribution in [0.15, 0.2) is 115 Å². The second-order valence-corrected chi connectivity index (χ2v) is 30.7. The fraction of sp³-hybridized carbons (Fsp3) is 0.640. The Hall–Kier alpha value is -4.87. The van der Waals surface area contributed by atoms with Crippen LogP contribution in [-0.4, -0.2) is 71.2 Å². The number of hydrogen-bond donors (Lipinski definition) is 6. The molecule has 9 heteroatoms. The predicted octanol–water partition coefficient (Wildman–Crippen LogP) is 21.1. The smallest absolute Gasteiger partial charge is 0.163 e. The molecule has 5 fully saturated rings. The Labute approximate surface area is 593 Å². The number of halogens is 1. The first-order chi connectivity index (χ1) is 47.3. The topological polar surface area (TPSA) is 156 Å². The number of carbonyl (C=O) groups is 2. The van der Waals surface area contributed by atoms with Gasteiger partial charge in [-0.2, -0.15) is 0 Å². The Morgan fingerprint density at radius 3 is 1.31 bits per heavy atom. The highest BCUT2D eigenvalue weighted by Gasteiger charge is 2.32. The molecule has 0 aromatic heterocycles. The molecule has 5 aliphatic rings. The minimum atomic E-state index is -0.595. The minimum Gasteiger partial charge on any atom is -0.393 e. The average Bonchev–Trinajstić information content (AvgIpc) is 1.04.